The Kier molecular flexibility index (Phi) is 11.4. The maximum Gasteiger partial charge on any atom is 0.416 e. The van der Waals surface area contributed by atoms with Gasteiger partial charge in [-0.1, -0.05) is 91.0 Å². The van der Waals surface area contributed by atoms with Crippen LogP contribution in [0.15, 0.2) is 114 Å². The molecule has 0 saturated carbocycles. The third kappa shape index (κ3) is 9.64. The Hall–Kier alpha value is -4.76. The van der Waals surface area contributed by atoms with Gasteiger partial charge in [-0.05, 0) is 48.7 Å². The molecule has 0 fully saturated rings. The molecule has 4 rings (SSSR count). The number of unbranched alkanes of at least 4 members (excludes halogenated alkanes) is 1. The zero-order valence-electron chi connectivity index (χ0n) is 24.1. The van der Waals surface area contributed by atoms with E-state index in [1.807, 2.05) is 48.5 Å². The molecule has 228 valence electrons. The lowest BCUT2D eigenvalue weighted by atomic mass is 9.97. The number of benzene rings is 4. The Labute approximate surface area is 254 Å². The molecule has 1 unspecified atom stereocenters. The van der Waals surface area contributed by atoms with E-state index in [0.29, 0.717) is 40.9 Å². The Balaban J connectivity index is 1.53. The van der Waals surface area contributed by atoms with Gasteiger partial charge >= 0.3 is 12.1 Å². The number of nitrogens with one attached hydrogen (secondary N) is 2. The molecule has 0 aliphatic heterocycles. The molecule has 44 heavy (non-hydrogen) atoms. The van der Waals surface area contributed by atoms with Crippen LogP contribution in [0.4, 0.5) is 18.9 Å². The number of carbonyl (C=O) groups excluding carboxylic acids is 1. The van der Waals surface area contributed by atoms with Crippen molar-refractivity contribution in [2.75, 3.05) is 11.9 Å². The highest BCUT2D eigenvalue weighted by atomic mass is 19.4. The molecule has 0 heterocycles. The van der Waals surface area contributed by atoms with E-state index in [4.69, 9.17) is 4.99 Å². The van der Waals surface area contributed by atoms with Crippen LogP contribution in [-0.2, 0) is 22.3 Å². The molecule has 9 heteroatoms. The lowest BCUT2D eigenvalue weighted by Crippen LogP contribution is -2.18. The number of aliphatic carboxylic acids is 1. The van der Waals surface area contributed by atoms with Crippen molar-refractivity contribution < 1.29 is 27.9 Å². The van der Waals surface area contributed by atoms with E-state index in [1.165, 1.54) is 17.7 Å². The van der Waals surface area contributed by atoms with E-state index >= 15 is 0 Å². The second-order valence-electron chi connectivity index (χ2n) is 10.3. The van der Waals surface area contributed by atoms with Crippen LogP contribution in [0.3, 0.4) is 0 Å². The Morgan fingerprint density at radius 3 is 2.09 bits per heavy atom. The van der Waals surface area contributed by atoms with Crippen molar-refractivity contribution in [1.29, 1.82) is 0 Å². The molecule has 0 aliphatic rings. The van der Waals surface area contributed by atoms with Gasteiger partial charge in [0.05, 0.1) is 29.4 Å². The maximum absolute atomic E-state index is 13.2. The van der Waals surface area contributed by atoms with Crippen LogP contribution in [0, 0.1) is 0 Å². The predicted molar refractivity (Wildman–Crippen MR) is 166 cm³/mol. The SMILES string of the molecule is O=C(O)CC(N=C(c1ccccc1)c1ccccc1NC(=O)CCCCNCc1ccccc1)c1ccc(C(F)(F)F)cc1. The smallest absolute Gasteiger partial charge is 0.416 e. The molecule has 0 aliphatic carbocycles. The van der Waals surface area contributed by atoms with Crippen LogP contribution in [0.5, 0.6) is 0 Å². The molecule has 3 N–H and O–H groups in total. The minimum Gasteiger partial charge on any atom is -0.481 e. The van der Waals surface area contributed by atoms with Crippen LogP contribution in [0.1, 0.15) is 59.5 Å². The van der Waals surface area contributed by atoms with Gasteiger partial charge < -0.3 is 15.7 Å². The minimum atomic E-state index is -4.52. The summed E-state index contributed by atoms with van der Waals surface area (Å²) >= 11 is 0. The monoisotopic (exact) mass is 601 g/mol. The van der Waals surface area contributed by atoms with E-state index in [2.05, 4.69) is 22.8 Å². The van der Waals surface area contributed by atoms with Crippen molar-refractivity contribution in [2.45, 2.75) is 44.4 Å². The summed E-state index contributed by atoms with van der Waals surface area (Å²) in [5, 5.41) is 16.0. The second kappa shape index (κ2) is 15.6. The molecule has 1 amide bonds. The van der Waals surface area contributed by atoms with Gasteiger partial charge in [-0.3, -0.25) is 14.6 Å². The molecule has 0 radical (unpaired) electrons. The third-order valence-electron chi connectivity index (χ3n) is 6.96. The summed E-state index contributed by atoms with van der Waals surface area (Å²) in [6.07, 6.45) is -3.14. The summed E-state index contributed by atoms with van der Waals surface area (Å²) in [4.78, 5) is 29.5. The first-order valence-electron chi connectivity index (χ1n) is 14.4. The Morgan fingerprint density at radius 1 is 0.795 bits per heavy atom. The summed E-state index contributed by atoms with van der Waals surface area (Å²) in [5.74, 6) is -1.32. The molecule has 4 aromatic rings. The topological polar surface area (TPSA) is 90.8 Å². The van der Waals surface area contributed by atoms with Crippen LogP contribution >= 0.6 is 0 Å². The second-order valence-corrected chi connectivity index (χ2v) is 10.3. The van der Waals surface area contributed by atoms with Crippen molar-refractivity contribution in [3.05, 3.63) is 137 Å². The average Bonchev–Trinajstić information content (AvgIpc) is 3.02. The van der Waals surface area contributed by atoms with E-state index in [1.54, 1.807) is 24.3 Å². The number of amides is 1. The lowest BCUT2D eigenvalue weighted by molar-refractivity contribution is -0.138. The Bertz CT molecular complexity index is 1540. The molecule has 1 atom stereocenters. The maximum atomic E-state index is 13.2. The summed E-state index contributed by atoms with van der Waals surface area (Å²) in [7, 11) is 0. The highest BCUT2D eigenvalue weighted by molar-refractivity contribution is 6.17. The third-order valence-corrected chi connectivity index (χ3v) is 6.96. The standard InChI is InChI=1S/C35H34F3N3O3/c36-35(37,38)28-20-18-26(19-21-28)31(23-33(43)44)41-34(27-13-5-2-6-14-27)29-15-7-8-16-30(29)40-32(42)17-9-10-22-39-24-25-11-3-1-4-12-25/h1-8,11-16,18-21,31,39H,9-10,17,22-24H2,(H,40,42)(H,43,44). The first-order chi connectivity index (χ1) is 21.2. The van der Waals surface area contributed by atoms with Gasteiger partial charge in [0.15, 0.2) is 0 Å². The number of rotatable bonds is 14. The zero-order chi connectivity index (χ0) is 31.4. The van der Waals surface area contributed by atoms with Crippen molar-refractivity contribution in [1.82, 2.24) is 5.32 Å². The van der Waals surface area contributed by atoms with E-state index in [0.717, 1.165) is 31.6 Å². The average molecular weight is 602 g/mol. The summed E-state index contributed by atoms with van der Waals surface area (Å²) < 4.78 is 39.5. The highest BCUT2D eigenvalue weighted by Gasteiger charge is 2.30. The molecular weight excluding hydrogens is 567 g/mol. The fourth-order valence-corrected chi connectivity index (χ4v) is 4.72. The fraction of sp³-hybridized carbons (Fsp3) is 0.229. The minimum absolute atomic E-state index is 0.169. The van der Waals surface area contributed by atoms with Crippen LogP contribution in [0.25, 0.3) is 0 Å². The van der Waals surface area contributed by atoms with E-state index in [9.17, 15) is 27.9 Å². The van der Waals surface area contributed by atoms with Gasteiger partial charge in [0.25, 0.3) is 0 Å². The van der Waals surface area contributed by atoms with Crippen LogP contribution < -0.4 is 10.6 Å². The number of aliphatic imine (C=N–C) groups is 1. The number of carboxylic acids is 1. The number of carboxylic acid groups (broad SMARTS) is 1. The van der Waals surface area contributed by atoms with Gasteiger partial charge in [-0.15, -0.1) is 0 Å². The molecular formula is C35H34F3N3O3. The number of hydrogen-bond donors (Lipinski definition) is 3. The number of para-hydroxylation sites is 1. The molecule has 0 saturated heterocycles. The summed E-state index contributed by atoms with van der Waals surface area (Å²) in [5.41, 5.74) is 2.85. The summed E-state index contributed by atoms with van der Waals surface area (Å²) in [6.45, 7) is 1.54. The number of carbonyl (C=O) groups is 2. The quantitative estimate of drug-likeness (QED) is 0.102. The Morgan fingerprint density at radius 2 is 1.43 bits per heavy atom. The van der Waals surface area contributed by atoms with Gasteiger partial charge in [0.1, 0.15) is 0 Å². The predicted octanol–water partition coefficient (Wildman–Crippen LogP) is 7.66. The van der Waals surface area contributed by atoms with Gasteiger partial charge in [-0.2, -0.15) is 13.2 Å². The fourth-order valence-electron chi connectivity index (χ4n) is 4.72. The highest BCUT2D eigenvalue weighted by Crippen LogP contribution is 2.32. The largest absolute Gasteiger partial charge is 0.481 e. The van der Waals surface area contributed by atoms with Crippen LogP contribution in [-0.4, -0.2) is 29.2 Å². The number of nitrogens with zero attached hydrogens (tertiary/aromatic N) is 1. The number of anilines is 1. The van der Waals surface area contributed by atoms with Gasteiger partial charge in [0, 0.05) is 24.1 Å². The normalized spacial score (nSPS) is 12.5. The first kappa shape index (κ1) is 32.2. The number of halogens is 3. The summed E-state index contributed by atoms with van der Waals surface area (Å²) in [6, 6.07) is 29.6. The number of alkyl halides is 3. The van der Waals surface area contributed by atoms with Crippen molar-refractivity contribution in [3.8, 4) is 0 Å². The zero-order valence-corrected chi connectivity index (χ0v) is 24.1. The van der Waals surface area contributed by atoms with Crippen molar-refractivity contribution >= 4 is 23.3 Å². The molecule has 0 aromatic heterocycles. The van der Waals surface area contributed by atoms with E-state index in [-0.39, 0.29) is 5.91 Å². The van der Waals surface area contributed by atoms with Crippen LogP contribution in [0.2, 0.25) is 0 Å². The molecule has 0 spiro atoms. The van der Waals surface area contributed by atoms with Crippen molar-refractivity contribution in [2.24, 2.45) is 4.99 Å². The van der Waals surface area contributed by atoms with Gasteiger partial charge in [-0.25, -0.2) is 0 Å². The molecule has 0 bridgehead atoms. The van der Waals surface area contributed by atoms with Crippen molar-refractivity contribution in [3.63, 3.8) is 0 Å². The van der Waals surface area contributed by atoms with E-state index < -0.39 is 30.2 Å². The molecule has 4 aromatic carbocycles. The number of hydrogen-bond acceptors (Lipinski definition) is 4. The lowest BCUT2D eigenvalue weighted by Gasteiger charge is -2.18. The van der Waals surface area contributed by atoms with Gasteiger partial charge in [0.2, 0.25) is 5.91 Å². The first-order valence-corrected chi connectivity index (χ1v) is 14.4. The molecule has 6 nitrogen and oxygen atoms in total.